The molecule has 0 fully saturated rings. The second kappa shape index (κ2) is 9.10. The lowest BCUT2D eigenvalue weighted by atomic mass is 10.2. The predicted molar refractivity (Wildman–Crippen MR) is 92.4 cm³/mol. The highest BCUT2D eigenvalue weighted by Crippen LogP contribution is 2.22. The summed E-state index contributed by atoms with van der Waals surface area (Å²) in [5.74, 6) is -0.130. The van der Waals surface area contributed by atoms with Gasteiger partial charge in [-0.1, -0.05) is 17.7 Å². The van der Waals surface area contributed by atoms with Crippen molar-refractivity contribution in [1.82, 2.24) is 5.32 Å². The Balaban J connectivity index is 2.62. The minimum atomic E-state index is -3.44. The van der Waals surface area contributed by atoms with Crippen LogP contribution in [0.5, 0.6) is 0 Å². The first kappa shape index (κ1) is 19.7. The molecular formula is C15H23ClN2O4S. The molecule has 1 atom stereocenters. The topological polar surface area (TPSA) is 75.7 Å². The van der Waals surface area contributed by atoms with Gasteiger partial charge >= 0.3 is 0 Å². The van der Waals surface area contributed by atoms with Gasteiger partial charge < -0.3 is 10.1 Å². The Morgan fingerprint density at radius 1 is 1.43 bits per heavy atom. The predicted octanol–water partition coefficient (Wildman–Crippen LogP) is 2.04. The zero-order valence-corrected chi connectivity index (χ0v) is 15.2. The smallest absolute Gasteiger partial charge is 0.232 e. The van der Waals surface area contributed by atoms with E-state index in [0.717, 1.165) is 6.26 Å². The number of benzene rings is 1. The van der Waals surface area contributed by atoms with Crippen molar-refractivity contribution < 1.29 is 17.9 Å². The van der Waals surface area contributed by atoms with Crippen LogP contribution in [0, 0.1) is 0 Å². The molecule has 0 spiro atoms. The van der Waals surface area contributed by atoms with Gasteiger partial charge in [0.15, 0.2) is 0 Å². The molecule has 23 heavy (non-hydrogen) atoms. The number of methoxy groups -OCH3 is 1. The van der Waals surface area contributed by atoms with Crippen LogP contribution in [0.2, 0.25) is 5.02 Å². The molecule has 0 unspecified atom stereocenters. The molecule has 8 heteroatoms. The summed E-state index contributed by atoms with van der Waals surface area (Å²) in [5.41, 5.74) is 0.494. The second-order valence-electron chi connectivity index (χ2n) is 5.34. The first-order chi connectivity index (χ1) is 10.7. The van der Waals surface area contributed by atoms with Crippen LogP contribution >= 0.6 is 11.6 Å². The Labute approximate surface area is 142 Å². The Kier molecular flexibility index (Phi) is 7.81. The van der Waals surface area contributed by atoms with E-state index in [4.69, 9.17) is 16.3 Å². The summed E-state index contributed by atoms with van der Waals surface area (Å²) in [6.45, 7) is 2.49. The summed E-state index contributed by atoms with van der Waals surface area (Å²) in [4.78, 5) is 11.8. The number of nitrogens with one attached hydrogen (secondary N) is 1. The van der Waals surface area contributed by atoms with Crippen molar-refractivity contribution in [3.8, 4) is 0 Å². The highest BCUT2D eigenvalue weighted by molar-refractivity contribution is 7.92. The SMILES string of the molecule is COC[C@H](C)NC(=O)CCCN(c1cccc(Cl)c1)S(C)(=O)=O. The highest BCUT2D eigenvalue weighted by atomic mass is 35.5. The summed E-state index contributed by atoms with van der Waals surface area (Å²) in [5, 5.41) is 3.25. The molecule has 1 aromatic rings. The van der Waals surface area contributed by atoms with Crippen LogP contribution in [-0.2, 0) is 19.6 Å². The zero-order chi connectivity index (χ0) is 17.5. The van der Waals surface area contributed by atoms with Gasteiger partial charge in [-0.25, -0.2) is 8.42 Å². The third kappa shape index (κ3) is 7.20. The summed E-state index contributed by atoms with van der Waals surface area (Å²) in [6, 6.07) is 6.55. The van der Waals surface area contributed by atoms with E-state index in [2.05, 4.69) is 5.32 Å². The molecule has 0 radical (unpaired) electrons. The standard InChI is InChI=1S/C15H23ClN2O4S/c1-12(11-22-2)17-15(19)8-5-9-18(23(3,20)21)14-7-4-6-13(16)10-14/h4,6-7,10,12H,5,8-9,11H2,1-3H3,(H,17,19)/t12-/m0/s1. The van der Waals surface area contributed by atoms with Crippen LogP contribution in [0.4, 0.5) is 5.69 Å². The average molecular weight is 363 g/mol. The number of halogens is 1. The molecule has 1 amide bonds. The van der Waals surface area contributed by atoms with Gasteiger partial charge in [0.1, 0.15) is 0 Å². The maximum atomic E-state index is 11.9. The minimum absolute atomic E-state index is 0.0774. The Bertz CT molecular complexity index is 622. The first-order valence-electron chi connectivity index (χ1n) is 7.25. The van der Waals surface area contributed by atoms with Crippen LogP contribution < -0.4 is 9.62 Å². The fraction of sp³-hybridized carbons (Fsp3) is 0.533. The number of ether oxygens (including phenoxy) is 1. The largest absolute Gasteiger partial charge is 0.383 e. The third-order valence-corrected chi connectivity index (χ3v) is 4.51. The van der Waals surface area contributed by atoms with Crippen molar-refractivity contribution in [2.24, 2.45) is 0 Å². The van der Waals surface area contributed by atoms with E-state index < -0.39 is 10.0 Å². The van der Waals surface area contributed by atoms with Gasteiger partial charge in [0.05, 0.1) is 18.6 Å². The van der Waals surface area contributed by atoms with Crippen molar-refractivity contribution in [2.45, 2.75) is 25.8 Å². The minimum Gasteiger partial charge on any atom is -0.383 e. The van der Waals surface area contributed by atoms with E-state index in [0.29, 0.717) is 23.7 Å². The van der Waals surface area contributed by atoms with Gasteiger partial charge in [0, 0.05) is 31.1 Å². The van der Waals surface area contributed by atoms with E-state index in [9.17, 15) is 13.2 Å². The van der Waals surface area contributed by atoms with E-state index >= 15 is 0 Å². The summed E-state index contributed by atoms with van der Waals surface area (Å²) < 4.78 is 30.1. The molecule has 1 N–H and O–H groups in total. The molecular weight excluding hydrogens is 340 g/mol. The first-order valence-corrected chi connectivity index (χ1v) is 9.48. The molecule has 6 nitrogen and oxygen atoms in total. The molecule has 0 aliphatic heterocycles. The van der Waals surface area contributed by atoms with Gasteiger partial charge in [-0.2, -0.15) is 0 Å². The fourth-order valence-electron chi connectivity index (χ4n) is 2.14. The molecule has 0 aliphatic rings. The van der Waals surface area contributed by atoms with Crippen molar-refractivity contribution in [3.05, 3.63) is 29.3 Å². The number of anilines is 1. The lowest BCUT2D eigenvalue weighted by Crippen LogP contribution is -2.36. The molecule has 0 saturated carbocycles. The van der Waals surface area contributed by atoms with Crippen molar-refractivity contribution in [2.75, 3.05) is 30.8 Å². The lowest BCUT2D eigenvalue weighted by molar-refractivity contribution is -0.122. The van der Waals surface area contributed by atoms with Crippen LogP contribution in [-0.4, -0.2) is 46.9 Å². The van der Waals surface area contributed by atoms with Gasteiger partial charge in [0.25, 0.3) is 0 Å². The number of carbonyl (C=O) groups excluding carboxylic acids is 1. The quantitative estimate of drug-likeness (QED) is 0.729. The zero-order valence-electron chi connectivity index (χ0n) is 13.6. The van der Waals surface area contributed by atoms with Crippen molar-refractivity contribution in [3.63, 3.8) is 0 Å². The number of rotatable bonds is 9. The number of nitrogens with zero attached hydrogens (tertiary/aromatic N) is 1. The van der Waals surface area contributed by atoms with E-state index in [-0.39, 0.29) is 24.9 Å². The number of sulfonamides is 1. The molecule has 0 aromatic heterocycles. The lowest BCUT2D eigenvalue weighted by Gasteiger charge is -2.22. The molecule has 0 heterocycles. The average Bonchev–Trinajstić information content (AvgIpc) is 2.42. The van der Waals surface area contributed by atoms with Gasteiger partial charge in [-0.15, -0.1) is 0 Å². The van der Waals surface area contributed by atoms with Crippen LogP contribution in [0.1, 0.15) is 19.8 Å². The number of amides is 1. The van der Waals surface area contributed by atoms with Gasteiger partial charge in [-0.3, -0.25) is 9.10 Å². The molecule has 130 valence electrons. The molecule has 1 aromatic carbocycles. The number of carbonyl (C=O) groups is 1. The monoisotopic (exact) mass is 362 g/mol. The molecule has 0 saturated heterocycles. The number of hydrogen-bond donors (Lipinski definition) is 1. The van der Waals surface area contributed by atoms with E-state index in [1.807, 2.05) is 6.92 Å². The highest BCUT2D eigenvalue weighted by Gasteiger charge is 2.18. The summed E-state index contributed by atoms with van der Waals surface area (Å²) >= 11 is 5.91. The van der Waals surface area contributed by atoms with Crippen LogP contribution in [0.3, 0.4) is 0 Å². The Morgan fingerprint density at radius 3 is 2.70 bits per heavy atom. The van der Waals surface area contributed by atoms with E-state index in [1.54, 1.807) is 31.4 Å². The van der Waals surface area contributed by atoms with Gasteiger partial charge in [0.2, 0.25) is 15.9 Å². The number of hydrogen-bond acceptors (Lipinski definition) is 4. The van der Waals surface area contributed by atoms with Crippen molar-refractivity contribution >= 4 is 33.2 Å². The Morgan fingerprint density at radius 2 is 2.13 bits per heavy atom. The third-order valence-electron chi connectivity index (χ3n) is 3.09. The van der Waals surface area contributed by atoms with Crippen LogP contribution in [0.15, 0.2) is 24.3 Å². The normalized spacial score (nSPS) is 12.7. The summed E-state index contributed by atoms with van der Waals surface area (Å²) in [7, 11) is -1.87. The fourth-order valence-corrected chi connectivity index (χ4v) is 3.28. The maximum absolute atomic E-state index is 11.9. The Hall–Kier alpha value is -1.31. The van der Waals surface area contributed by atoms with Crippen molar-refractivity contribution in [1.29, 1.82) is 0 Å². The molecule has 1 rings (SSSR count). The second-order valence-corrected chi connectivity index (χ2v) is 7.69. The van der Waals surface area contributed by atoms with Gasteiger partial charge in [-0.05, 0) is 31.5 Å². The van der Waals surface area contributed by atoms with E-state index in [1.165, 1.54) is 4.31 Å². The molecule has 0 aliphatic carbocycles. The molecule has 0 bridgehead atoms. The maximum Gasteiger partial charge on any atom is 0.232 e. The summed E-state index contributed by atoms with van der Waals surface area (Å²) in [6.07, 6.45) is 1.78. The van der Waals surface area contributed by atoms with Crippen LogP contribution in [0.25, 0.3) is 0 Å².